The Labute approximate surface area is 59.3 Å². The van der Waals surface area contributed by atoms with Crippen LogP contribution in [0, 0.1) is 0 Å². The molecule has 0 fully saturated rings. The van der Waals surface area contributed by atoms with Gasteiger partial charge in [0.15, 0.2) is 0 Å². The summed E-state index contributed by atoms with van der Waals surface area (Å²) in [5.74, 6) is -0.204. The van der Waals surface area contributed by atoms with Gasteiger partial charge in [-0.05, 0) is 4.57 Å². The molecule has 6 heteroatoms. The molecule has 0 spiro atoms. The molecule has 1 unspecified atom stereocenters. The minimum atomic E-state index is -2.78. The molecule has 0 aliphatic carbocycles. The van der Waals surface area contributed by atoms with E-state index < -0.39 is 8.25 Å². The molecule has 0 saturated carbocycles. The lowest BCUT2D eigenvalue weighted by Gasteiger charge is -1.95. The largest absolute Gasteiger partial charge is 0.566 e. The molecule has 5 nitrogen and oxygen atoms in total. The van der Waals surface area contributed by atoms with Crippen molar-refractivity contribution in [3.63, 3.8) is 0 Å². The van der Waals surface area contributed by atoms with Crippen molar-refractivity contribution in [2.45, 2.75) is 6.92 Å². The van der Waals surface area contributed by atoms with E-state index in [9.17, 15) is 14.3 Å². The van der Waals surface area contributed by atoms with Gasteiger partial charge in [-0.15, -0.1) is 4.52 Å². The third-order valence-electron chi connectivity index (χ3n) is 0.673. The molecule has 0 bridgehead atoms. The number of amides is 1. The molecule has 0 aromatic carbocycles. The second-order valence-corrected chi connectivity index (χ2v) is 2.25. The van der Waals surface area contributed by atoms with Crippen LogP contribution in [0.2, 0.25) is 0 Å². The highest BCUT2D eigenvalue weighted by Crippen LogP contribution is 2.06. The normalized spacial score (nSPS) is 10.8. The molecule has 1 atom stereocenters. The summed E-state index contributed by atoms with van der Waals surface area (Å²) in [7, 11) is -2.78. The maximum atomic E-state index is 10.2. The van der Waals surface area contributed by atoms with Crippen molar-refractivity contribution in [3.05, 3.63) is 0 Å². The Hall–Kier alpha value is -0.510. The number of hydrogen-bond donors (Lipinski definition) is 1. The fraction of sp³-hybridized carbons (Fsp3) is 0.750. The zero-order valence-corrected chi connectivity index (χ0v) is 6.39. The summed E-state index contributed by atoms with van der Waals surface area (Å²) < 4.78 is 13.9. The molecule has 0 aliphatic rings. The Morgan fingerprint density at radius 1 is 1.80 bits per heavy atom. The Balaban J connectivity index is 3.06. The van der Waals surface area contributed by atoms with E-state index in [2.05, 4.69) is 9.84 Å². The quantitative estimate of drug-likeness (QED) is 0.435. The topological polar surface area (TPSA) is 78.5 Å². The SMILES string of the molecule is CC(=O)NCCO[P+](=O)[O-]. The van der Waals surface area contributed by atoms with E-state index in [1.807, 2.05) is 0 Å². The van der Waals surface area contributed by atoms with E-state index in [-0.39, 0.29) is 19.1 Å². The van der Waals surface area contributed by atoms with Crippen molar-refractivity contribution in [1.29, 1.82) is 0 Å². The van der Waals surface area contributed by atoms with Crippen LogP contribution in [0.15, 0.2) is 0 Å². The van der Waals surface area contributed by atoms with Crippen LogP contribution in [0.3, 0.4) is 0 Å². The maximum absolute atomic E-state index is 10.2. The molecule has 58 valence electrons. The minimum absolute atomic E-state index is 0.00170. The molecule has 0 aromatic rings. The van der Waals surface area contributed by atoms with E-state index in [0.29, 0.717) is 0 Å². The molecule has 0 rings (SSSR count). The third-order valence-corrected chi connectivity index (χ3v) is 1.07. The zero-order valence-electron chi connectivity index (χ0n) is 5.49. The number of nitrogens with one attached hydrogen (secondary N) is 1. The smallest absolute Gasteiger partial charge is 0.488 e. The number of carbonyl (C=O) groups is 1. The Morgan fingerprint density at radius 3 is 2.80 bits per heavy atom. The van der Waals surface area contributed by atoms with Gasteiger partial charge in [-0.3, -0.25) is 4.79 Å². The molecule has 1 N–H and O–H groups in total. The van der Waals surface area contributed by atoms with Crippen LogP contribution >= 0.6 is 8.25 Å². The summed E-state index contributed by atoms with van der Waals surface area (Å²) in [6.45, 7) is 1.56. The second-order valence-electron chi connectivity index (χ2n) is 1.54. The van der Waals surface area contributed by atoms with Gasteiger partial charge in [0.25, 0.3) is 0 Å². The molecule has 0 saturated heterocycles. The maximum Gasteiger partial charge on any atom is 0.488 e. The lowest BCUT2D eigenvalue weighted by Crippen LogP contribution is -2.23. The molecular formula is C4H8NO4P. The molecule has 10 heavy (non-hydrogen) atoms. The van der Waals surface area contributed by atoms with E-state index >= 15 is 0 Å². The van der Waals surface area contributed by atoms with Crippen molar-refractivity contribution in [2.75, 3.05) is 13.2 Å². The highest BCUT2D eigenvalue weighted by Gasteiger charge is 1.99. The molecule has 0 aliphatic heterocycles. The van der Waals surface area contributed by atoms with Crippen molar-refractivity contribution >= 4 is 14.2 Å². The zero-order chi connectivity index (χ0) is 7.98. The summed E-state index contributed by atoms with van der Waals surface area (Å²) in [6.07, 6.45) is 0. The van der Waals surface area contributed by atoms with Gasteiger partial charge >= 0.3 is 8.25 Å². The number of rotatable bonds is 4. The number of carbonyl (C=O) groups excluding carboxylic acids is 1. The summed E-state index contributed by atoms with van der Waals surface area (Å²) in [6, 6.07) is 0. The standard InChI is InChI=1S/C4H8NO4P/c1-4(6)5-2-3-9-10(7)8/h2-3H2,1H3,(H,5,6). The van der Waals surface area contributed by atoms with Gasteiger partial charge < -0.3 is 10.2 Å². The Kier molecular flexibility index (Phi) is 5.02. The van der Waals surface area contributed by atoms with Gasteiger partial charge in [-0.2, -0.15) is 0 Å². The molecule has 1 amide bonds. The lowest BCUT2D eigenvalue weighted by atomic mass is 10.6. The van der Waals surface area contributed by atoms with E-state index in [1.165, 1.54) is 6.92 Å². The fourth-order valence-electron chi connectivity index (χ4n) is 0.347. The first kappa shape index (κ1) is 9.49. The van der Waals surface area contributed by atoms with Gasteiger partial charge in [0.05, 0.1) is 0 Å². The summed E-state index contributed by atoms with van der Waals surface area (Å²) in [5, 5.41) is 2.37. The van der Waals surface area contributed by atoms with Crippen LogP contribution in [0.25, 0.3) is 0 Å². The average Bonchev–Trinajstić information content (AvgIpc) is 1.79. The second kappa shape index (κ2) is 5.29. The molecule has 0 heterocycles. The summed E-state index contributed by atoms with van der Waals surface area (Å²) in [5.41, 5.74) is 0. The van der Waals surface area contributed by atoms with E-state index in [4.69, 9.17) is 0 Å². The van der Waals surface area contributed by atoms with Crippen LogP contribution in [0.5, 0.6) is 0 Å². The summed E-state index contributed by atoms with van der Waals surface area (Å²) >= 11 is 0. The molecular weight excluding hydrogens is 157 g/mol. The predicted molar refractivity (Wildman–Crippen MR) is 32.2 cm³/mol. The van der Waals surface area contributed by atoms with Gasteiger partial charge in [-0.25, -0.2) is 0 Å². The van der Waals surface area contributed by atoms with Gasteiger partial charge in [-0.1, -0.05) is 0 Å². The van der Waals surface area contributed by atoms with E-state index in [1.54, 1.807) is 0 Å². The van der Waals surface area contributed by atoms with Crippen LogP contribution in [0.4, 0.5) is 0 Å². The minimum Gasteiger partial charge on any atom is -0.566 e. The van der Waals surface area contributed by atoms with Crippen molar-refractivity contribution in [3.8, 4) is 0 Å². The molecule has 0 aromatic heterocycles. The van der Waals surface area contributed by atoms with Gasteiger partial charge in [0.2, 0.25) is 5.91 Å². The third kappa shape index (κ3) is 7.49. The predicted octanol–water partition coefficient (Wildman–Crippen LogP) is -0.843. The van der Waals surface area contributed by atoms with Crippen LogP contribution in [-0.4, -0.2) is 19.1 Å². The van der Waals surface area contributed by atoms with Crippen LogP contribution < -0.4 is 10.2 Å². The van der Waals surface area contributed by atoms with Crippen LogP contribution in [-0.2, 0) is 13.9 Å². The van der Waals surface area contributed by atoms with Crippen LogP contribution in [0.1, 0.15) is 6.92 Å². The Morgan fingerprint density at radius 2 is 2.40 bits per heavy atom. The highest BCUT2D eigenvalue weighted by molar-refractivity contribution is 7.30. The first-order valence-electron chi connectivity index (χ1n) is 2.64. The van der Waals surface area contributed by atoms with Gasteiger partial charge in [0, 0.05) is 13.5 Å². The lowest BCUT2D eigenvalue weighted by molar-refractivity contribution is -0.185. The highest BCUT2D eigenvalue weighted by atomic mass is 31.1. The summed E-state index contributed by atoms with van der Waals surface area (Å²) in [4.78, 5) is 19.9. The first-order valence-corrected chi connectivity index (χ1v) is 3.74. The monoisotopic (exact) mass is 165 g/mol. The Bertz CT molecular complexity index is 121. The molecule has 0 radical (unpaired) electrons. The van der Waals surface area contributed by atoms with Crippen molar-refractivity contribution in [1.82, 2.24) is 5.32 Å². The number of hydrogen-bond acceptors (Lipinski definition) is 4. The van der Waals surface area contributed by atoms with Crippen molar-refractivity contribution in [2.24, 2.45) is 0 Å². The first-order chi connectivity index (χ1) is 4.63. The fourth-order valence-corrected chi connectivity index (χ4v) is 0.588. The average molecular weight is 165 g/mol. The van der Waals surface area contributed by atoms with Gasteiger partial charge in [0.1, 0.15) is 6.61 Å². The van der Waals surface area contributed by atoms with E-state index in [0.717, 1.165) is 0 Å². The van der Waals surface area contributed by atoms with Crippen molar-refractivity contribution < 1.29 is 18.8 Å².